The highest BCUT2D eigenvalue weighted by Crippen LogP contribution is 1.99. The molecule has 0 bridgehead atoms. The molecular formula is C9H17O2Si. The van der Waals surface area contributed by atoms with Crippen LogP contribution in [0.3, 0.4) is 0 Å². The lowest BCUT2D eigenvalue weighted by Crippen LogP contribution is -2.08. The van der Waals surface area contributed by atoms with Crippen LogP contribution in [-0.4, -0.2) is 21.4 Å². The number of carbonyl (C=O) groups is 1. The van der Waals surface area contributed by atoms with Gasteiger partial charge in [-0.2, -0.15) is 0 Å². The van der Waals surface area contributed by atoms with E-state index in [1.807, 2.05) is 0 Å². The number of esters is 1. The molecule has 0 aromatic rings. The van der Waals surface area contributed by atoms with Crippen LogP contribution in [0.2, 0.25) is 19.1 Å². The fourth-order valence-electron chi connectivity index (χ4n) is 0.714. The second kappa shape index (κ2) is 6.00. The van der Waals surface area contributed by atoms with Crippen LogP contribution in [0, 0.1) is 0 Å². The Morgan fingerprint density at radius 2 is 2.08 bits per heavy atom. The summed E-state index contributed by atoms with van der Waals surface area (Å²) in [6, 6.07) is 1.20. The summed E-state index contributed by atoms with van der Waals surface area (Å²) in [5.41, 5.74) is 0.480. The van der Waals surface area contributed by atoms with Crippen LogP contribution in [-0.2, 0) is 9.53 Å². The molecule has 1 radical (unpaired) electrons. The van der Waals surface area contributed by atoms with Crippen LogP contribution >= 0.6 is 0 Å². The molecule has 0 aliphatic rings. The average Bonchev–Trinajstić information content (AvgIpc) is 1.97. The molecule has 69 valence electrons. The summed E-state index contributed by atoms with van der Waals surface area (Å²) >= 11 is 0. The minimum Gasteiger partial charge on any atom is -0.462 e. The molecule has 0 heterocycles. The molecule has 0 aliphatic carbocycles. The van der Waals surface area contributed by atoms with Gasteiger partial charge in [-0.1, -0.05) is 25.7 Å². The predicted octanol–water partition coefficient (Wildman–Crippen LogP) is 2.25. The highest BCUT2D eigenvalue weighted by atomic mass is 28.3. The summed E-state index contributed by atoms with van der Waals surface area (Å²) in [6.45, 7) is 10.2. The normalized spacial score (nSPS) is 10.0. The first kappa shape index (κ1) is 11.4. The lowest BCUT2D eigenvalue weighted by Gasteiger charge is -2.04. The van der Waals surface area contributed by atoms with Crippen molar-refractivity contribution in [3.63, 3.8) is 0 Å². The summed E-state index contributed by atoms with van der Waals surface area (Å²) in [4.78, 5) is 10.9. The van der Waals surface area contributed by atoms with Gasteiger partial charge in [-0.25, -0.2) is 4.79 Å². The van der Waals surface area contributed by atoms with E-state index in [2.05, 4.69) is 19.7 Å². The highest BCUT2D eigenvalue weighted by Gasteiger charge is 2.02. The summed E-state index contributed by atoms with van der Waals surface area (Å²) in [5, 5.41) is 0. The van der Waals surface area contributed by atoms with Crippen LogP contribution in [0.25, 0.3) is 0 Å². The van der Waals surface area contributed by atoms with Gasteiger partial charge in [0.2, 0.25) is 0 Å². The molecule has 0 spiro atoms. The van der Waals surface area contributed by atoms with E-state index in [0.717, 1.165) is 6.42 Å². The minimum absolute atomic E-state index is 0.166. The van der Waals surface area contributed by atoms with Crippen molar-refractivity contribution in [3.05, 3.63) is 12.2 Å². The van der Waals surface area contributed by atoms with E-state index in [1.54, 1.807) is 6.92 Å². The number of hydrogen-bond acceptors (Lipinski definition) is 2. The summed E-state index contributed by atoms with van der Waals surface area (Å²) < 4.78 is 4.93. The largest absolute Gasteiger partial charge is 0.462 e. The highest BCUT2D eigenvalue weighted by molar-refractivity contribution is 6.55. The van der Waals surface area contributed by atoms with Crippen molar-refractivity contribution >= 4 is 14.8 Å². The van der Waals surface area contributed by atoms with Gasteiger partial charge in [0.25, 0.3) is 0 Å². The van der Waals surface area contributed by atoms with E-state index in [1.165, 1.54) is 6.04 Å². The molecule has 0 rings (SSSR count). The molecule has 0 unspecified atom stereocenters. The molecule has 0 amide bonds. The maximum atomic E-state index is 10.9. The van der Waals surface area contributed by atoms with Crippen molar-refractivity contribution in [1.29, 1.82) is 0 Å². The van der Waals surface area contributed by atoms with Gasteiger partial charge in [-0.15, -0.1) is 0 Å². The molecule has 0 saturated carbocycles. The first-order chi connectivity index (χ1) is 5.54. The van der Waals surface area contributed by atoms with Crippen molar-refractivity contribution < 1.29 is 9.53 Å². The van der Waals surface area contributed by atoms with Gasteiger partial charge in [-0.05, 0) is 13.3 Å². The Hall–Kier alpha value is -0.573. The van der Waals surface area contributed by atoms with Crippen molar-refractivity contribution in [2.45, 2.75) is 32.5 Å². The third-order valence-corrected chi connectivity index (χ3v) is 2.76. The van der Waals surface area contributed by atoms with Crippen LogP contribution in [0.4, 0.5) is 0 Å². The lowest BCUT2D eigenvalue weighted by atomic mass is 10.4. The van der Waals surface area contributed by atoms with Gasteiger partial charge in [0.15, 0.2) is 0 Å². The Labute approximate surface area is 76.2 Å². The maximum absolute atomic E-state index is 10.9. The smallest absolute Gasteiger partial charge is 0.333 e. The van der Waals surface area contributed by atoms with Gasteiger partial charge < -0.3 is 4.74 Å². The topological polar surface area (TPSA) is 26.3 Å². The second-order valence-corrected chi connectivity index (χ2v) is 6.14. The Bertz CT molecular complexity index is 164. The Kier molecular flexibility index (Phi) is 5.71. The van der Waals surface area contributed by atoms with Crippen LogP contribution < -0.4 is 0 Å². The molecule has 2 nitrogen and oxygen atoms in total. The fourth-order valence-corrected chi connectivity index (χ4v) is 1.57. The number of hydrogen-bond donors (Lipinski definition) is 0. The lowest BCUT2D eigenvalue weighted by molar-refractivity contribution is -0.138. The molecular weight excluding hydrogens is 168 g/mol. The Balaban J connectivity index is 3.32. The third-order valence-electron chi connectivity index (χ3n) is 1.40. The second-order valence-electron chi connectivity index (χ2n) is 3.23. The first-order valence-electron chi connectivity index (χ1n) is 4.15. The van der Waals surface area contributed by atoms with Gasteiger partial charge in [0, 0.05) is 14.4 Å². The molecule has 12 heavy (non-hydrogen) atoms. The molecule has 0 N–H and O–H groups in total. The van der Waals surface area contributed by atoms with Crippen LogP contribution in [0.5, 0.6) is 0 Å². The van der Waals surface area contributed by atoms with E-state index in [9.17, 15) is 4.79 Å². The molecule has 0 aromatic heterocycles. The summed E-state index contributed by atoms with van der Waals surface area (Å²) in [6.07, 6.45) is 0.986. The number of carbonyl (C=O) groups excluding carboxylic acids is 1. The standard InChI is InChI=1S/C9H17O2Si/c1-8(2)9(10)11-6-5-7-12(3)4/h1,5-7H2,2-4H3. The fraction of sp³-hybridized carbons (Fsp3) is 0.667. The Morgan fingerprint density at radius 1 is 1.50 bits per heavy atom. The quantitative estimate of drug-likeness (QED) is 0.284. The molecule has 3 heteroatoms. The summed E-state index contributed by atoms with van der Waals surface area (Å²) in [5.74, 6) is -0.268. The average molecular weight is 185 g/mol. The van der Waals surface area contributed by atoms with Gasteiger partial charge in [0.05, 0.1) is 6.61 Å². The molecule has 0 saturated heterocycles. The Morgan fingerprint density at radius 3 is 2.50 bits per heavy atom. The van der Waals surface area contributed by atoms with E-state index in [0.29, 0.717) is 12.2 Å². The monoisotopic (exact) mass is 185 g/mol. The summed E-state index contributed by atoms with van der Waals surface area (Å²) in [7, 11) is -0.166. The predicted molar refractivity (Wildman–Crippen MR) is 52.7 cm³/mol. The molecule has 0 fully saturated rings. The number of rotatable bonds is 5. The van der Waals surface area contributed by atoms with E-state index >= 15 is 0 Å². The van der Waals surface area contributed by atoms with E-state index < -0.39 is 0 Å². The first-order valence-corrected chi connectivity index (χ1v) is 6.86. The van der Waals surface area contributed by atoms with E-state index in [4.69, 9.17) is 4.74 Å². The maximum Gasteiger partial charge on any atom is 0.333 e. The molecule has 0 atom stereocenters. The van der Waals surface area contributed by atoms with Crippen molar-refractivity contribution in [1.82, 2.24) is 0 Å². The van der Waals surface area contributed by atoms with Crippen molar-refractivity contribution in [3.8, 4) is 0 Å². The number of ether oxygens (including phenoxy) is 1. The van der Waals surface area contributed by atoms with Crippen molar-refractivity contribution in [2.24, 2.45) is 0 Å². The minimum atomic E-state index is -0.268. The zero-order valence-corrected chi connectivity index (χ0v) is 9.14. The van der Waals surface area contributed by atoms with Gasteiger partial charge >= 0.3 is 5.97 Å². The third kappa shape index (κ3) is 6.16. The van der Waals surface area contributed by atoms with Gasteiger partial charge in [0.1, 0.15) is 0 Å². The van der Waals surface area contributed by atoms with Crippen LogP contribution in [0.1, 0.15) is 13.3 Å². The SMILES string of the molecule is C=C(C)C(=O)OCCC[Si](C)C. The van der Waals surface area contributed by atoms with Crippen molar-refractivity contribution in [2.75, 3.05) is 6.61 Å². The zero-order chi connectivity index (χ0) is 9.56. The van der Waals surface area contributed by atoms with Crippen LogP contribution in [0.15, 0.2) is 12.2 Å². The van der Waals surface area contributed by atoms with E-state index in [-0.39, 0.29) is 14.8 Å². The van der Waals surface area contributed by atoms with Gasteiger partial charge in [-0.3, -0.25) is 0 Å². The molecule has 0 aliphatic heterocycles. The molecule has 0 aromatic carbocycles. The zero-order valence-electron chi connectivity index (χ0n) is 8.14.